The van der Waals surface area contributed by atoms with Gasteiger partial charge in [0.15, 0.2) is 0 Å². The van der Waals surface area contributed by atoms with Crippen molar-refractivity contribution in [3.8, 4) is 0 Å². The molecule has 1 heterocycles. The van der Waals surface area contributed by atoms with Crippen molar-refractivity contribution in [2.24, 2.45) is 5.73 Å². The van der Waals surface area contributed by atoms with Crippen LogP contribution in [0.2, 0.25) is 0 Å². The Morgan fingerprint density at radius 1 is 1.38 bits per heavy atom. The molecule has 0 aliphatic carbocycles. The van der Waals surface area contributed by atoms with Crippen molar-refractivity contribution >= 4 is 16.0 Å². The van der Waals surface area contributed by atoms with Gasteiger partial charge in [0.25, 0.3) is 10.0 Å². The smallest absolute Gasteiger partial charge is 0.320 e. The minimum atomic E-state index is -3.73. The first-order valence-electron chi connectivity index (χ1n) is 6.14. The molecule has 2 rings (SSSR count). The molecule has 0 bridgehead atoms. The summed E-state index contributed by atoms with van der Waals surface area (Å²) < 4.78 is 25.7. The summed E-state index contributed by atoms with van der Waals surface area (Å²) in [6.45, 7) is 1.86. The van der Waals surface area contributed by atoms with Gasteiger partial charge in [0.05, 0.1) is 10.6 Å². The lowest BCUT2D eigenvalue weighted by molar-refractivity contribution is -0.138. The standard InChI is InChI=1S/C13H15N3O4S/c1-9-2-4-11(5-3-9)21(19,20)16-7-10(15-8-16)6-12(14)13(17)18/h2-5,7-8,12H,6,14H2,1H3,(H,17,18)/t12-/m1/s1. The molecular weight excluding hydrogens is 294 g/mol. The van der Waals surface area contributed by atoms with Gasteiger partial charge in [-0.3, -0.25) is 4.79 Å². The number of carboxylic acid groups (broad SMARTS) is 1. The summed E-state index contributed by atoms with van der Waals surface area (Å²) in [5.74, 6) is -1.16. The highest BCUT2D eigenvalue weighted by Crippen LogP contribution is 2.15. The number of aromatic nitrogens is 2. The molecule has 0 radical (unpaired) electrons. The average molecular weight is 309 g/mol. The number of hydrogen-bond acceptors (Lipinski definition) is 5. The predicted molar refractivity (Wildman–Crippen MR) is 75.3 cm³/mol. The Labute approximate surface area is 122 Å². The van der Waals surface area contributed by atoms with Crippen LogP contribution in [0.1, 0.15) is 11.3 Å². The SMILES string of the molecule is Cc1ccc(S(=O)(=O)n2cnc(C[C@@H](N)C(=O)O)c2)cc1. The third-order valence-corrected chi connectivity index (χ3v) is 4.58. The van der Waals surface area contributed by atoms with Crippen LogP contribution >= 0.6 is 0 Å². The molecule has 1 aromatic carbocycles. The fourth-order valence-corrected chi connectivity index (χ4v) is 2.88. The van der Waals surface area contributed by atoms with E-state index in [1.54, 1.807) is 12.1 Å². The van der Waals surface area contributed by atoms with Gasteiger partial charge < -0.3 is 10.8 Å². The van der Waals surface area contributed by atoms with Crippen molar-refractivity contribution in [2.45, 2.75) is 24.3 Å². The van der Waals surface area contributed by atoms with Gasteiger partial charge in [-0.05, 0) is 19.1 Å². The largest absolute Gasteiger partial charge is 0.480 e. The Morgan fingerprint density at radius 2 is 2.00 bits per heavy atom. The molecule has 1 atom stereocenters. The third-order valence-electron chi connectivity index (χ3n) is 2.96. The maximum absolute atomic E-state index is 12.4. The molecule has 0 unspecified atom stereocenters. The van der Waals surface area contributed by atoms with Crippen LogP contribution in [0.5, 0.6) is 0 Å². The number of benzene rings is 1. The molecule has 2 aromatic rings. The van der Waals surface area contributed by atoms with E-state index in [0.717, 1.165) is 15.9 Å². The maximum atomic E-state index is 12.4. The topological polar surface area (TPSA) is 115 Å². The Morgan fingerprint density at radius 3 is 2.57 bits per heavy atom. The Hall–Kier alpha value is -2.19. The van der Waals surface area contributed by atoms with E-state index in [-0.39, 0.29) is 11.3 Å². The van der Waals surface area contributed by atoms with E-state index in [4.69, 9.17) is 10.8 Å². The summed E-state index contributed by atoms with van der Waals surface area (Å²) in [5, 5.41) is 8.74. The molecule has 112 valence electrons. The van der Waals surface area contributed by atoms with Gasteiger partial charge in [0.1, 0.15) is 12.4 Å². The summed E-state index contributed by atoms with van der Waals surface area (Å²) in [6, 6.07) is 5.30. The molecule has 0 aliphatic rings. The molecule has 0 saturated heterocycles. The van der Waals surface area contributed by atoms with Crippen LogP contribution in [0.4, 0.5) is 0 Å². The van der Waals surface area contributed by atoms with E-state index in [9.17, 15) is 13.2 Å². The molecule has 3 N–H and O–H groups in total. The molecule has 0 spiro atoms. The fraction of sp³-hybridized carbons (Fsp3) is 0.231. The lowest BCUT2D eigenvalue weighted by Crippen LogP contribution is -2.32. The van der Waals surface area contributed by atoms with Gasteiger partial charge >= 0.3 is 5.97 Å². The van der Waals surface area contributed by atoms with Crippen molar-refractivity contribution in [1.29, 1.82) is 0 Å². The van der Waals surface area contributed by atoms with Gasteiger partial charge in [-0.1, -0.05) is 17.7 Å². The first kappa shape index (κ1) is 15.2. The number of aryl methyl sites for hydroxylation is 1. The molecule has 0 amide bonds. The highest BCUT2D eigenvalue weighted by molar-refractivity contribution is 7.90. The van der Waals surface area contributed by atoms with Gasteiger partial charge in [-0.25, -0.2) is 17.4 Å². The monoisotopic (exact) mass is 309 g/mol. The lowest BCUT2D eigenvalue weighted by Gasteiger charge is -2.05. The van der Waals surface area contributed by atoms with Crippen molar-refractivity contribution in [3.05, 3.63) is 48.0 Å². The van der Waals surface area contributed by atoms with Crippen molar-refractivity contribution in [1.82, 2.24) is 8.96 Å². The highest BCUT2D eigenvalue weighted by Gasteiger charge is 2.19. The summed E-state index contributed by atoms with van der Waals surface area (Å²) in [4.78, 5) is 14.7. The van der Waals surface area contributed by atoms with Gasteiger partial charge in [-0.2, -0.15) is 0 Å². The Balaban J connectivity index is 2.28. The Kier molecular flexibility index (Phi) is 4.10. The van der Waals surface area contributed by atoms with E-state index in [0.29, 0.717) is 5.69 Å². The molecular formula is C13H15N3O4S. The molecule has 8 heteroatoms. The highest BCUT2D eigenvalue weighted by atomic mass is 32.2. The van der Waals surface area contributed by atoms with Gasteiger partial charge in [-0.15, -0.1) is 0 Å². The number of nitrogens with two attached hydrogens (primary N) is 1. The van der Waals surface area contributed by atoms with E-state index >= 15 is 0 Å². The summed E-state index contributed by atoms with van der Waals surface area (Å²) in [5.41, 5.74) is 6.65. The number of carbonyl (C=O) groups is 1. The second kappa shape index (κ2) is 5.66. The minimum Gasteiger partial charge on any atom is -0.480 e. The normalized spacial score (nSPS) is 13.0. The van der Waals surface area contributed by atoms with Crippen molar-refractivity contribution in [3.63, 3.8) is 0 Å². The lowest BCUT2D eigenvalue weighted by atomic mass is 10.2. The quantitative estimate of drug-likeness (QED) is 0.825. The number of rotatable bonds is 5. The summed E-state index contributed by atoms with van der Waals surface area (Å²) in [7, 11) is -3.73. The van der Waals surface area contributed by atoms with E-state index in [2.05, 4.69) is 4.98 Å². The molecule has 0 fully saturated rings. The summed E-state index contributed by atoms with van der Waals surface area (Å²) >= 11 is 0. The van der Waals surface area contributed by atoms with Crippen LogP contribution in [0.25, 0.3) is 0 Å². The first-order chi connectivity index (χ1) is 9.80. The average Bonchev–Trinajstić information content (AvgIpc) is 2.88. The van der Waals surface area contributed by atoms with E-state index in [1.807, 2.05) is 6.92 Å². The number of carboxylic acids is 1. The van der Waals surface area contributed by atoms with E-state index in [1.165, 1.54) is 18.3 Å². The third kappa shape index (κ3) is 3.29. The van der Waals surface area contributed by atoms with Gasteiger partial charge in [0.2, 0.25) is 0 Å². The van der Waals surface area contributed by atoms with Crippen LogP contribution in [0, 0.1) is 6.92 Å². The van der Waals surface area contributed by atoms with Crippen LogP contribution in [-0.2, 0) is 21.2 Å². The van der Waals surface area contributed by atoms with Crippen molar-refractivity contribution in [2.75, 3.05) is 0 Å². The fourth-order valence-electron chi connectivity index (χ4n) is 1.73. The zero-order chi connectivity index (χ0) is 15.6. The zero-order valence-corrected chi connectivity index (χ0v) is 12.1. The van der Waals surface area contributed by atoms with Crippen LogP contribution in [0.3, 0.4) is 0 Å². The van der Waals surface area contributed by atoms with Crippen molar-refractivity contribution < 1.29 is 18.3 Å². The minimum absolute atomic E-state index is 0.0360. The molecule has 7 nitrogen and oxygen atoms in total. The first-order valence-corrected chi connectivity index (χ1v) is 7.58. The number of imidazole rings is 1. The Bertz CT molecular complexity index is 750. The zero-order valence-electron chi connectivity index (χ0n) is 11.3. The van der Waals surface area contributed by atoms with Crippen LogP contribution in [-0.4, -0.2) is 34.5 Å². The number of aliphatic carboxylic acids is 1. The number of nitrogens with zero attached hydrogens (tertiary/aromatic N) is 2. The van der Waals surface area contributed by atoms with Crippen LogP contribution < -0.4 is 5.73 Å². The maximum Gasteiger partial charge on any atom is 0.320 e. The predicted octanol–water partition coefficient (Wildman–Crippen LogP) is 0.383. The van der Waals surface area contributed by atoms with Gasteiger partial charge in [0, 0.05) is 12.6 Å². The second-order valence-corrected chi connectivity index (χ2v) is 6.51. The molecule has 0 aliphatic heterocycles. The molecule has 1 aromatic heterocycles. The van der Waals surface area contributed by atoms with E-state index < -0.39 is 22.0 Å². The summed E-state index contributed by atoms with van der Waals surface area (Å²) in [6.07, 6.45) is 2.38. The molecule has 0 saturated carbocycles. The second-order valence-electron chi connectivity index (χ2n) is 4.66. The van der Waals surface area contributed by atoms with Crippen LogP contribution in [0.15, 0.2) is 41.7 Å². The molecule has 21 heavy (non-hydrogen) atoms. The number of hydrogen-bond donors (Lipinski definition) is 2.